The summed E-state index contributed by atoms with van der Waals surface area (Å²) in [5, 5.41) is 5.90. The van der Waals surface area contributed by atoms with E-state index in [1.807, 2.05) is 56.6 Å². The third kappa shape index (κ3) is 4.68. The van der Waals surface area contributed by atoms with Crippen LogP contribution in [0.1, 0.15) is 5.56 Å². The molecule has 0 N–H and O–H groups in total. The zero-order valence-electron chi connectivity index (χ0n) is 15.8. The van der Waals surface area contributed by atoms with Crippen LogP contribution in [0.2, 0.25) is 0 Å². The van der Waals surface area contributed by atoms with E-state index in [-0.39, 0.29) is 0 Å². The third-order valence-electron chi connectivity index (χ3n) is 3.77. The van der Waals surface area contributed by atoms with E-state index >= 15 is 0 Å². The number of ether oxygens (including phenoxy) is 3. The van der Waals surface area contributed by atoms with Gasteiger partial charge < -0.3 is 19.2 Å². The van der Waals surface area contributed by atoms with Gasteiger partial charge in [0.1, 0.15) is 0 Å². The first-order valence-electron chi connectivity index (χ1n) is 8.16. The maximum absolute atomic E-state index is 5.45. The van der Waals surface area contributed by atoms with Crippen molar-refractivity contribution in [2.24, 2.45) is 10.1 Å². The van der Waals surface area contributed by atoms with Gasteiger partial charge in [0, 0.05) is 46.2 Å². The lowest BCUT2D eigenvalue weighted by atomic mass is 10.1. The van der Waals surface area contributed by atoms with Gasteiger partial charge in [-0.2, -0.15) is 5.10 Å². The van der Waals surface area contributed by atoms with Crippen molar-refractivity contribution in [2.75, 3.05) is 35.4 Å². The number of allylic oxidation sites excluding steroid dienone is 3. The van der Waals surface area contributed by atoms with E-state index < -0.39 is 5.79 Å². The molecule has 1 aliphatic carbocycles. The molecule has 1 aliphatic rings. The van der Waals surface area contributed by atoms with Gasteiger partial charge in [-0.1, -0.05) is 24.3 Å². The standard InChI is InChI=1S/C20H25N3O3/c1-23(2)21-14-8-10-16-9-6-7-11-18(16)22-17-12-13-20(25-4,26-5)19(15-17)24-3/h6-15H,1-5H3/b10-8+,21-14+,22-17?. The van der Waals surface area contributed by atoms with Gasteiger partial charge in [0.15, 0.2) is 5.76 Å². The zero-order valence-corrected chi connectivity index (χ0v) is 15.8. The van der Waals surface area contributed by atoms with Gasteiger partial charge in [-0.15, -0.1) is 0 Å². The number of hydrogen-bond donors (Lipinski definition) is 0. The van der Waals surface area contributed by atoms with Gasteiger partial charge in [0.05, 0.1) is 18.5 Å². The Balaban J connectivity index is 2.32. The summed E-state index contributed by atoms with van der Waals surface area (Å²) in [6.45, 7) is 0. The molecule has 0 spiro atoms. The molecule has 0 aromatic heterocycles. The maximum Gasteiger partial charge on any atom is 0.248 e. The first-order chi connectivity index (χ1) is 12.5. The van der Waals surface area contributed by atoms with Gasteiger partial charge in [0.2, 0.25) is 5.79 Å². The highest BCUT2D eigenvalue weighted by atomic mass is 16.7. The Labute approximate surface area is 154 Å². The predicted octanol–water partition coefficient (Wildman–Crippen LogP) is 3.41. The summed E-state index contributed by atoms with van der Waals surface area (Å²) in [6, 6.07) is 7.88. The summed E-state index contributed by atoms with van der Waals surface area (Å²) >= 11 is 0. The van der Waals surface area contributed by atoms with Gasteiger partial charge in [-0.25, -0.2) is 4.99 Å². The molecule has 6 nitrogen and oxygen atoms in total. The van der Waals surface area contributed by atoms with E-state index in [1.165, 1.54) is 0 Å². The first-order valence-corrected chi connectivity index (χ1v) is 8.16. The minimum Gasteiger partial charge on any atom is -0.495 e. The lowest BCUT2D eigenvalue weighted by Crippen LogP contribution is -2.37. The summed E-state index contributed by atoms with van der Waals surface area (Å²) < 4.78 is 16.3. The SMILES string of the molecule is COC1=CC(=Nc2ccccc2/C=C/C=N/N(C)C)C=CC1(OC)OC. The molecule has 1 aromatic rings. The van der Waals surface area contributed by atoms with E-state index in [2.05, 4.69) is 5.10 Å². The average molecular weight is 355 g/mol. The Kier molecular flexibility index (Phi) is 6.89. The molecule has 0 radical (unpaired) electrons. The first kappa shape index (κ1) is 19.6. The van der Waals surface area contributed by atoms with Gasteiger partial charge in [-0.3, -0.25) is 0 Å². The number of hydrogen-bond acceptors (Lipinski definition) is 6. The van der Waals surface area contributed by atoms with Crippen LogP contribution in [0, 0.1) is 0 Å². The van der Waals surface area contributed by atoms with Crippen molar-refractivity contribution in [3.05, 3.63) is 59.9 Å². The quantitative estimate of drug-likeness (QED) is 0.427. The number of hydrazone groups is 1. The zero-order chi connectivity index (χ0) is 19.0. The molecule has 0 unspecified atom stereocenters. The van der Waals surface area contributed by atoms with Crippen LogP contribution >= 0.6 is 0 Å². The molecule has 0 atom stereocenters. The second kappa shape index (κ2) is 9.12. The lowest BCUT2D eigenvalue weighted by molar-refractivity contribution is -0.165. The molecule has 0 saturated carbocycles. The molecule has 1 aromatic carbocycles. The number of methoxy groups -OCH3 is 3. The van der Waals surface area contributed by atoms with Crippen LogP contribution in [0.25, 0.3) is 6.08 Å². The van der Waals surface area contributed by atoms with Crippen LogP contribution < -0.4 is 0 Å². The monoisotopic (exact) mass is 355 g/mol. The number of benzene rings is 1. The van der Waals surface area contributed by atoms with Gasteiger partial charge in [0.25, 0.3) is 0 Å². The van der Waals surface area contributed by atoms with Gasteiger partial charge in [-0.05, 0) is 24.3 Å². The number of para-hydroxylation sites is 1. The maximum atomic E-state index is 5.45. The number of rotatable bonds is 7. The highest BCUT2D eigenvalue weighted by Crippen LogP contribution is 2.29. The van der Waals surface area contributed by atoms with Crippen LogP contribution in [-0.2, 0) is 14.2 Å². The molecular formula is C20H25N3O3. The Hall–Kier alpha value is -2.70. The predicted molar refractivity (Wildman–Crippen MR) is 106 cm³/mol. The molecule has 26 heavy (non-hydrogen) atoms. The van der Waals surface area contributed by atoms with E-state index in [1.54, 1.807) is 44.7 Å². The molecule has 0 aliphatic heterocycles. The van der Waals surface area contributed by atoms with Crippen molar-refractivity contribution in [1.82, 2.24) is 5.01 Å². The topological polar surface area (TPSA) is 55.7 Å². The van der Waals surface area contributed by atoms with Crippen LogP contribution in [-0.4, -0.2) is 58.1 Å². The van der Waals surface area contributed by atoms with Crippen molar-refractivity contribution < 1.29 is 14.2 Å². The average Bonchev–Trinajstić information content (AvgIpc) is 2.66. The highest BCUT2D eigenvalue weighted by molar-refractivity contribution is 6.07. The van der Waals surface area contributed by atoms with E-state index in [9.17, 15) is 0 Å². The normalized spacial score (nSPS) is 17.9. The lowest BCUT2D eigenvalue weighted by Gasteiger charge is -2.31. The smallest absolute Gasteiger partial charge is 0.248 e. The molecular weight excluding hydrogens is 330 g/mol. The van der Waals surface area contributed by atoms with Crippen molar-refractivity contribution in [3.8, 4) is 0 Å². The fraction of sp³-hybridized carbons (Fsp3) is 0.300. The molecule has 0 saturated heterocycles. The second-order valence-electron chi connectivity index (χ2n) is 5.69. The fourth-order valence-corrected chi connectivity index (χ4v) is 2.44. The second-order valence-corrected chi connectivity index (χ2v) is 5.69. The summed E-state index contributed by atoms with van der Waals surface area (Å²) in [5.41, 5.74) is 2.58. The summed E-state index contributed by atoms with van der Waals surface area (Å²) in [5.74, 6) is -0.481. The Bertz CT molecular complexity index is 757. The largest absolute Gasteiger partial charge is 0.495 e. The Morgan fingerprint density at radius 2 is 1.81 bits per heavy atom. The fourth-order valence-electron chi connectivity index (χ4n) is 2.44. The number of aliphatic imine (C=N–C) groups is 1. The summed E-state index contributed by atoms with van der Waals surface area (Å²) in [6.07, 6.45) is 11.0. The molecule has 0 bridgehead atoms. The van der Waals surface area contributed by atoms with Crippen LogP contribution in [0.4, 0.5) is 5.69 Å². The third-order valence-corrected chi connectivity index (χ3v) is 3.77. The Morgan fingerprint density at radius 1 is 1.08 bits per heavy atom. The van der Waals surface area contributed by atoms with Crippen molar-refractivity contribution in [2.45, 2.75) is 5.79 Å². The molecule has 0 heterocycles. The molecule has 0 fully saturated rings. The molecule has 0 amide bonds. The Morgan fingerprint density at radius 3 is 2.46 bits per heavy atom. The van der Waals surface area contributed by atoms with Crippen LogP contribution in [0.5, 0.6) is 0 Å². The number of nitrogens with zero attached hydrogens (tertiary/aromatic N) is 3. The molecule has 2 rings (SSSR count). The molecule has 138 valence electrons. The minimum absolute atomic E-state index is 0.537. The van der Waals surface area contributed by atoms with Crippen LogP contribution in [0.3, 0.4) is 0 Å². The van der Waals surface area contributed by atoms with E-state index in [4.69, 9.17) is 19.2 Å². The highest BCUT2D eigenvalue weighted by Gasteiger charge is 2.35. The minimum atomic E-state index is -1.02. The van der Waals surface area contributed by atoms with E-state index in [0.29, 0.717) is 5.76 Å². The van der Waals surface area contributed by atoms with Crippen molar-refractivity contribution in [3.63, 3.8) is 0 Å². The summed E-state index contributed by atoms with van der Waals surface area (Å²) in [7, 11) is 8.46. The van der Waals surface area contributed by atoms with Gasteiger partial charge >= 0.3 is 0 Å². The molecule has 6 heteroatoms. The summed E-state index contributed by atoms with van der Waals surface area (Å²) in [4.78, 5) is 4.72. The van der Waals surface area contributed by atoms with E-state index in [0.717, 1.165) is 17.0 Å². The van der Waals surface area contributed by atoms with Crippen molar-refractivity contribution >= 4 is 23.7 Å². The van der Waals surface area contributed by atoms with Crippen LogP contribution in [0.15, 0.2) is 64.4 Å². The van der Waals surface area contributed by atoms with Crippen molar-refractivity contribution in [1.29, 1.82) is 0 Å².